The number of carbonyl (C=O) groups is 1. The molecule has 4 rings (SSSR count). The molecule has 3 nitrogen and oxygen atoms in total. The monoisotopic (exact) mass is 404 g/mol. The number of aromatic nitrogens is 1. The molecule has 0 aliphatic heterocycles. The Morgan fingerprint density at radius 2 is 2.00 bits per heavy atom. The van der Waals surface area contributed by atoms with Crippen LogP contribution in [0.3, 0.4) is 0 Å². The molecule has 6 heteroatoms. The Labute approximate surface area is 168 Å². The molecule has 150 valence electrons. The van der Waals surface area contributed by atoms with E-state index in [1.165, 1.54) is 32.9 Å². The van der Waals surface area contributed by atoms with E-state index in [0.717, 1.165) is 43.4 Å². The Morgan fingerprint density at radius 1 is 1.18 bits per heavy atom. The Hall–Kier alpha value is -1.82. The molecule has 0 unspecified atom stereocenters. The third-order valence-corrected chi connectivity index (χ3v) is 7.09. The fourth-order valence-corrected chi connectivity index (χ4v) is 5.68. The van der Waals surface area contributed by atoms with Crippen LogP contribution in [0, 0.1) is 5.92 Å². The van der Waals surface area contributed by atoms with Crippen molar-refractivity contribution in [3.05, 3.63) is 51.0 Å². The summed E-state index contributed by atoms with van der Waals surface area (Å²) in [6, 6.07) is 4.15. The third kappa shape index (κ3) is 4.59. The van der Waals surface area contributed by atoms with Crippen molar-refractivity contribution in [3.8, 4) is 0 Å². The molecule has 2 aromatic rings. The molecule has 0 saturated heterocycles. The molecule has 28 heavy (non-hydrogen) atoms. The predicted octanol–water partition coefficient (Wildman–Crippen LogP) is 5.20. The van der Waals surface area contributed by atoms with E-state index in [2.05, 4.69) is 17.1 Å². The zero-order valence-electron chi connectivity index (χ0n) is 16.0. The van der Waals surface area contributed by atoms with Crippen LogP contribution in [0.15, 0.2) is 24.5 Å². The van der Waals surface area contributed by atoms with E-state index in [0.29, 0.717) is 18.9 Å². The van der Waals surface area contributed by atoms with Crippen molar-refractivity contribution in [1.82, 2.24) is 9.88 Å². The maximum absolute atomic E-state index is 13.1. The number of carbonyl (C=O) groups excluding carboxylic acids is 1. The first kappa shape index (κ1) is 19.5. The minimum absolute atomic E-state index is 0.119. The second-order valence-electron chi connectivity index (χ2n) is 8.03. The van der Waals surface area contributed by atoms with Crippen LogP contribution in [-0.2, 0) is 24.2 Å². The van der Waals surface area contributed by atoms with Crippen molar-refractivity contribution in [2.75, 3.05) is 6.54 Å². The molecule has 1 amide bonds. The van der Waals surface area contributed by atoms with Crippen LogP contribution in [-0.4, -0.2) is 28.8 Å². The summed E-state index contributed by atoms with van der Waals surface area (Å²) in [5.41, 5.74) is 3.77. The lowest BCUT2D eigenvalue weighted by molar-refractivity contribution is -0.135. The van der Waals surface area contributed by atoms with Gasteiger partial charge >= 0.3 is 0 Å². The minimum Gasteiger partial charge on any atom is -0.332 e. The average Bonchev–Trinajstić information content (AvgIpc) is 3.07. The molecule has 0 bridgehead atoms. The first-order valence-electron chi connectivity index (χ1n) is 10.2. The van der Waals surface area contributed by atoms with Crippen molar-refractivity contribution in [2.45, 2.75) is 64.3 Å². The number of halogens is 2. The highest BCUT2D eigenvalue weighted by Gasteiger charge is 2.25. The first-order valence-corrected chi connectivity index (χ1v) is 11.0. The van der Waals surface area contributed by atoms with Crippen LogP contribution in [0.25, 0.3) is 0 Å². The summed E-state index contributed by atoms with van der Waals surface area (Å²) >= 11 is 1.66. The van der Waals surface area contributed by atoms with E-state index in [1.54, 1.807) is 11.3 Å². The molecule has 1 fully saturated rings. The fraction of sp³-hybridized carbons (Fsp3) is 0.545. The van der Waals surface area contributed by atoms with E-state index in [9.17, 15) is 13.6 Å². The summed E-state index contributed by atoms with van der Waals surface area (Å²) in [6.07, 6.45) is 8.96. The van der Waals surface area contributed by atoms with Gasteiger partial charge in [-0.15, -0.1) is 11.3 Å². The summed E-state index contributed by atoms with van der Waals surface area (Å²) in [5.74, 6) is 0.242. The van der Waals surface area contributed by atoms with Crippen LogP contribution in [0.2, 0.25) is 0 Å². The van der Waals surface area contributed by atoms with Gasteiger partial charge in [0.25, 0.3) is 6.43 Å². The normalized spacial score (nSPS) is 16.7. The van der Waals surface area contributed by atoms with E-state index in [-0.39, 0.29) is 5.91 Å². The van der Waals surface area contributed by atoms with Gasteiger partial charge in [-0.2, -0.15) is 0 Å². The van der Waals surface area contributed by atoms with Crippen LogP contribution in [0.4, 0.5) is 8.78 Å². The number of fused-ring (bicyclic) bond motifs is 2. The predicted molar refractivity (Wildman–Crippen MR) is 107 cm³/mol. The van der Waals surface area contributed by atoms with Crippen molar-refractivity contribution >= 4 is 17.2 Å². The van der Waals surface area contributed by atoms with Gasteiger partial charge in [0.2, 0.25) is 5.91 Å². The highest BCUT2D eigenvalue weighted by atomic mass is 32.1. The van der Waals surface area contributed by atoms with Crippen LogP contribution in [0.5, 0.6) is 0 Å². The number of amides is 1. The maximum Gasteiger partial charge on any atom is 0.255 e. The lowest BCUT2D eigenvalue weighted by atomic mass is 9.86. The number of thiophene rings is 1. The van der Waals surface area contributed by atoms with E-state index in [1.807, 2.05) is 12.4 Å². The summed E-state index contributed by atoms with van der Waals surface area (Å²) in [6.45, 7) is -0.180. The van der Waals surface area contributed by atoms with Crippen molar-refractivity contribution < 1.29 is 13.6 Å². The van der Waals surface area contributed by atoms with Gasteiger partial charge in [-0.25, -0.2) is 8.78 Å². The molecule has 0 spiro atoms. The van der Waals surface area contributed by atoms with Gasteiger partial charge in [0.15, 0.2) is 0 Å². The number of pyridine rings is 1. The highest BCUT2D eigenvalue weighted by Crippen LogP contribution is 2.34. The molecule has 0 aromatic carbocycles. The highest BCUT2D eigenvalue weighted by molar-refractivity contribution is 7.12. The molecule has 2 heterocycles. The SMILES string of the molecule is O=C(CC1CCCCC1)N(Cc1cc2c(s1)Cc1ccncc1C2)CC(F)F. The lowest BCUT2D eigenvalue weighted by Crippen LogP contribution is -2.35. The minimum atomic E-state index is -2.50. The molecule has 1 saturated carbocycles. The van der Waals surface area contributed by atoms with Crippen LogP contribution >= 0.6 is 11.3 Å². The topological polar surface area (TPSA) is 33.2 Å². The molecular formula is C22H26F2N2OS. The number of nitrogens with zero attached hydrogens (tertiary/aromatic N) is 2. The van der Waals surface area contributed by atoms with E-state index < -0.39 is 13.0 Å². The molecule has 0 radical (unpaired) electrons. The van der Waals surface area contributed by atoms with Gasteiger partial charge < -0.3 is 4.90 Å². The Morgan fingerprint density at radius 3 is 2.79 bits per heavy atom. The maximum atomic E-state index is 13.1. The fourth-order valence-electron chi connectivity index (χ4n) is 4.45. The first-order chi connectivity index (χ1) is 13.6. The quantitative estimate of drug-likeness (QED) is 0.566. The van der Waals surface area contributed by atoms with Gasteiger partial charge in [-0.1, -0.05) is 19.3 Å². The van der Waals surface area contributed by atoms with Gasteiger partial charge in [0, 0.05) is 41.4 Å². The molecule has 0 N–H and O–H groups in total. The van der Waals surface area contributed by atoms with Gasteiger partial charge in [-0.05, 0) is 47.6 Å². The molecule has 2 aromatic heterocycles. The van der Waals surface area contributed by atoms with Crippen molar-refractivity contribution in [1.29, 1.82) is 0 Å². The molecular weight excluding hydrogens is 378 g/mol. The summed E-state index contributed by atoms with van der Waals surface area (Å²) < 4.78 is 26.3. The second kappa shape index (κ2) is 8.68. The average molecular weight is 405 g/mol. The number of alkyl halides is 2. The zero-order valence-corrected chi connectivity index (χ0v) is 16.8. The van der Waals surface area contributed by atoms with Crippen molar-refractivity contribution in [2.24, 2.45) is 5.92 Å². The summed E-state index contributed by atoms with van der Waals surface area (Å²) in [4.78, 5) is 20.6. The molecule has 2 aliphatic rings. The van der Waals surface area contributed by atoms with Gasteiger partial charge in [0.1, 0.15) is 0 Å². The number of hydrogen-bond acceptors (Lipinski definition) is 3. The summed E-state index contributed by atoms with van der Waals surface area (Å²) in [5, 5.41) is 0. The Bertz CT molecular complexity index is 787. The Balaban J connectivity index is 1.45. The number of hydrogen-bond donors (Lipinski definition) is 0. The smallest absolute Gasteiger partial charge is 0.255 e. The van der Waals surface area contributed by atoms with Gasteiger partial charge in [-0.3, -0.25) is 9.78 Å². The van der Waals surface area contributed by atoms with E-state index in [4.69, 9.17) is 0 Å². The second-order valence-corrected chi connectivity index (χ2v) is 9.25. The lowest BCUT2D eigenvalue weighted by Gasteiger charge is -2.26. The van der Waals surface area contributed by atoms with Gasteiger partial charge in [0.05, 0.1) is 13.1 Å². The van der Waals surface area contributed by atoms with Crippen molar-refractivity contribution in [3.63, 3.8) is 0 Å². The largest absolute Gasteiger partial charge is 0.332 e. The Kier molecular flexibility index (Phi) is 6.04. The third-order valence-electron chi connectivity index (χ3n) is 5.93. The number of rotatable bonds is 6. The summed E-state index contributed by atoms with van der Waals surface area (Å²) in [7, 11) is 0. The molecule has 0 atom stereocenters. The van der Waals surface area contributed by atoms with Crippen LogP contribution < -0.4 is 0 Å². The standard InChI is InChI=1S/C22H26F2N2OS/c23-21(24)14-26(22(27)8-15-4-2-1-3-5-15)13-19-10-17-9-18-12-25-7-6-16(18)11-20(17)28-19/h6-7,10,12,15,21H,1-5,8-9,11,13-14H2. The zero-order chi connectivity index (χ0) is 19.5. The van der Waals surface area contributed by atoms with Crippen LogP contribution in [0.1, 0.15) is 65.0 Å². The van der Waals surface area contributed by atoms with E-state index >= 15 is 0 Å². The molecule has 2 aliphatic carbocycles.